The van der Waals surface area contributed by atoms with Crippen molar-refractivity contribution in [2.45, 2.75) is 39.5 Å². The first-order valence-corrected chi connectivity index (χ1v) is 6.81. The van der Waals surface area contributed by atoms with Crippen molar-refractivity contribution in [2.24, 2.45) is 11.8 Å². The monoisotopic (exact) mass is 254 g/mol. The molecule has 17 heavy (non-hydrogen) atoms. The fourth-order valence-corrected chi connectivity index (χ4v) is 2.10. The first-order chi connectivity index (χ1) is 8.11. The van der Waals surface area contributed by atoms with E-state index in [0.29, 0.717) is 16.7 Å². The molecule has 0 heterocycles. The van der Waals surface area contributed by atoms with Crippen LogP contribution in [0.4, 0.5) is 0 Å². The van der Waals surface area contributed by atoms with E-state index in [2.05, 4.69) is 13.5 Å². The van der Waals surface area contributed by atoms with Gasteiger partial charge in [0.15, 0.2) is 0 Å². The van der Waals surface area contributed by atoms with Crippen molar-refractivity contribution in [2.75, 3.05) is 6.61 Å². The van der Waals surface area contributed by atoms with Gasteiger partial charge >= 0.3 is 0 Å². The number of hydrogen-bond donors (Lipinski definition) is 0. The lowest BCUT2D eigenvalue weighted by Gasteiger charge is -2.26. The van der Waals surface area contributed by atoms with Gasteiger partial charge in [-0.3, -0.25) is 0 Å². The van der Waals surface area contributed by atoms with Crippen LogP contribution in [0.2, 0.25) is 0 Å². The molecule has 1 aliphatic carbocycles. The van der Waals surface area contributed by atoms with Gasteiger partial charge in [0.2, 0.25) is 0 Å². The molecular formula is C15H23ClO. The largest absolute Gasteiger partial charge is 0.494 e. The Labute approximate surface area is 110 Å². The van der Waals surface area contributed by atoms with Crippen LogP contribution in [0.3, 0.4) is 0 Å². The maximum Gasteiger partial charge on any atom is 0.112 e. The second-order valence-corrected chi connectivity index (χ2v) is 5.35. The highest BCUT2D eigenvalue weighted by Crippen LogP contribution is 2.28. The van der Waals surface area contributed by atoms with Crippen LogP contribution < -0.4 is 0 Å². The predicted octanol–water partition coefficient (Wildman–Crippen LogP) is 5.04. The normalized spacial score (nSPS) is 26.2. The summed E-state index contributed by atoms with van der Waals surface area (Å²) in [6, 6.07) is 0. The Hall–Kier alpha value is -0.690. The van der Waals surface area contributed by atoms with Gasteiger partial charge in [0.25, 0.3) is 0 Å². The molecule has 0 aromatic rings. The Kier molecular flexibility index (Phi) is 6.43. The minimum atomic E-state index is 0.698. The molecule has 0 aromatic heterocycles. The molecule has 0 N–H and O–H groups in total. The molecule has 0 aromatic carbocycles. The highest BCUT2D eigenvalue weighted by Gasteiger charge is 2.18. The quantitative estimate of drug-likeness (QED) is 0.493. The Bertz CT molecular complexity index is 296. The molecule has 1 fully saturated rings. The highest BCUT2D eigenvalue weighted by atomic mass is 35.5. The molecule has 0 aliphatic heterocycles. The number of ether oxygens (including phenoxy) is 1. The molecular weight excluding hydrogens is 232 g/mol. The summed E-state index contributed by atoms with van der Waals surface area (Å²) in [5.41, 5.74) is 0. The third-order valence-electron chi connectivity index (χ3n) is 3.34. The van der Waals surface area contributed by atoms with Gasteiger partial charge in [-0.1, -0.05) is 44.0 Å². The smallest absolute Gasteiger partial charge is 0.112 e. The minimum Gasteiger partial charge on any atom is -0.494 e. The van der Waals surface area contributed by atoms with E-state index >= 15 is 0 Å². The summed E-state index contributed by atoms with van der Waals surface area (Å²) < 4.78 is 5.64. The average molecular weight is 255 g/mol. The van der Waals surface area contributed by atoms with Crippen LogP contribution in [0, 0.1) is 11.8 Å². The number of rotatable bonds is 5. The van der Waals surface area contributed by atoms with E-state index in [1.807, 2.05) is 25.2 Å². The summed E-state index contributed by atoms with van der Waals surface area (Å²) >= 11 is 5.85. The molecule has 0 saturated heterocycles. The zero-order chi connectivity index (χ0) is 12.7. The lowest BCUT2D eigenvalue weighted by atomic mass is 9.83. The van der Waals surface area contributed by atoms with Crippen molar-refractivity contribution in [3.8, 4) is 0 Å². The molecule has 0 atom stereocenters. The maximum atomic E-state index is 5.85. The Morgan fingerprint density at radius 2 is 1.94 bits per heavy atom. The van der Waals surface area contributed by atoms with Crippen molar-refractivity contribution in [3.05, 3.63) is 35.6 Å². The number of halogens is 1. The van der Waals surface area contributed by atoms with Gasteiger partial charge in [0.05, 0.1) is 6.61 Å². The van der Waals surface area contributed by atoms with E-state index in [1.165, 1.54) is 25.7 Å². The molecule has 0 unspecified atom stereocenters. The van der Waals surface area contributed by atoms with Crippen molar-refractivity contribution in [3.63, 3.8) is 0 Å². The van der Waals surface area contributed by atoms with Gasteiger partial charge < -0.3 is 4.74 Å². The van der Waals surface area contributed by atoms with Crippen LogP contribution in [0.5, 0.6) is 0 Å². The van der Waals surface area contributed by atoms with E-state index in [1.54, 1.807) is 0 Å². The van der Waals surface area contributed by atoms with E-state index < -0.39 is 0 Å². The summed E-state index contributed by atoms with van der Waals surface area (Å²) in [5.74, 6) is 2.29. The van der Waals surface area contributed by atoms with Gasteiger partial charge in [-0.05, 0) is 43.8 Å². The molecule has 1 saturated carbocycles. The summed E-state index contributed by atoms with van der Waals surface area (Å²) in [5, 5.41) is 0.709. The van der Waals surface area contributed by atoms with Crippen molar-refractivity contribution in [1.82, 2.24) is 0 Å². The minimum absolute atomic E-state index is 0.698. The lowest BCUT2D eigenvalue weighted by Crippen LogP contribution is -2.16. The molecule has 1 rings (SSSR count). The fourth-order valence-electron chi connectivity index (χ4n) is 2.04. The maximum absolute atomic E-state index is 5.85. The van der Waals surface area contributed by atoms with E-state index in [0.717, 1.165) is 12.5 Å². The summed E-state index contributed by atoms with van der Waals surface area (Å²) in [7, 11) is 0. The van der Waals surface area contributed by atoms with Gasteiger partial charge in [0, 0.05) is 5.03 Å². The van der Waals surface area contributed by atoms with Crippen LogP contribution >= 0.6 is 11.6 Å². The Morgan fingerprint density at radius 1 is 1.29 bits per heavy atom. The Morgan fingerprint density at radius 3 is 2.53 bits per heavy atom. The standard InChI is InChI=1S/C15H23ClO/c1-4-15(16)10-7-13(3)17-11-14-8-5-12(2)6-9-14/h4,7,10,12,14H,3,5-6,8-9,11H2,1-2H3/b10-7-,15-4+. The summed E-state index contributed by atoms with van der Waals surface area (Å²) in [6.45, 7) is 8.89. The average Bonchev–Trinajstić information content (AvgIpc) is 2.35. The van der Waals surface area contributed by atoms with Gasteiger partial charge in [-0.25, -0.2) is 0 Å². The highest BCUT2D eigenvalue weighted by molar-refractivity contribution is 6.31. The molecule has 0 spiro atoms. The molecule has 2 heteroatoms. The zero-order valence-electron chi connectivity index (χ0n) is 10.9. The van der Waals surface area contributed by atoms with Crippen molar-refractivity contribution < 1.29 is 4.74 Å². The topological polar surface area (TPSA) is 9.23 Å². The third kappa shape index (κ3) is 5.97. The van der Waals surface area contributed by atoms with Crippen LogP contribution in [-0.4, -0.2) is 6.61 Å². The van der Waals surface area contributed by atoms with E-state index in [-0.39, 0.29) is 0 Å². The van der Waals surface area contributed by atoms with Crippen LogP contribution in [0.25, 0.3) is 0 Å². The number of hydrogen-bond acceptors (Lipinski definition) is 1. The summed E-state index contributed by atoms with van der Waals surface area (Å²) in [6.07, 6.45) is 10.7. The summed E-state index contributed by atoms with van der Waals surface area (Å²) in [4.78, 5) is 0. The molecule has 0 radical (unpaired) electrons. The SMILES string of the molecule is C=C(/C=C\C(Cl)=C/C)OCC1CCC(C)CC1. The van der Waals surface area contributed by atoms with Crippen LogP contribution in [0.1, 0.15) is 39.5 Å². The molecule has 1 nitrogen and oxygen atoms in total. The molecule has 0 bridgehead atoms. The Balaban J connectivity index is 2.22. The van der Waals surface area contributed by atoms with Crippen LogP contribution in [0.15, 0.2) is 35.6 Å². The molecule has 96 valence electrons. The number of allylic oxidation sites excluding steroid dienone is 4. The van der Waals surface area contributed by atoms with Gasteiger partial charge in [-0.15, -0.1) is 0 Å². The second kappa shape index (κ2) is 7.60. The molecule has 0 amide bonds. The van der Waals surface area contributed by atoms with E-state index in [4.69, 9.17) is 16.3 Å². The zero-order valence-corrected chi connectivity index (χ0v) is 11.7. The van der Waals surface area contributed by atoms with Crippen molar-refractivity contribution in [1.29, 1.82) is 0 Å². The molecule has 1 aliphatic rings. The second-order valence-electron chi connectivity index (χ2n) is 4.91. The van der Waals surface area contributed by atoms with Crippen LogP contribution in [-0.2, 0) is 4.74 Å². The van der Waals surface area contributed by atoms with Crippen molar-refractivity contribution >= 4 is 11.6 Å². The first kappa shape index (κ1) is 14.4. The van der Waals surface area contributed by atoms with Gasteiger partial charge in [-0.2, -0.15) is 0 Å². The fraction of sp³-hybridized carbons (Fsp3) is 0.600. The third-order valence-corrected chi connectivity index (χ3v) is 3.69. The van der Waals surface area contributed by atoms with E-state index in [9.17, 15) is 0 Å². The lowest BCUT2D eigenvalue weighted by molar-refractivity contribution is 0.139. The first-order valence-electron chi connectivity index (χ1n) is 6.43. The predicted molar refractivity (Wildman–Crippen MR) is 75.0 cm³/mol. The van der Waals surface area contributed by atoms with Gasteiger partial charge in [0.1, 0.15) is 5.76 Å².